The van der Waals surface area contributed by atoms with Gasteiger partial charge in [-0.05, 0) is 51.6 Å². The van der Waals surface area contributed by atoms with Crippen LogP contribution in [0.25, 0.3) is 0 Å². The number of rotatable bonds is 5. The van der Waals surface area contributed by atoms with Gasteiger partial charge in [-0.3, -0.25) is 4.79 Å². The van der Waals surface area contributed by atoms with Crippen LogP contribution < -0.4 is 10.6 Å². The summed E-state index contributed by atoms with van der Waals surface area (Å²) in [5.74, 6) is 0.0770. The number of carbonyl (C=O) groups is 1. The first-order valence-corrected chi connectivity index (χ1v) is 9.25. The lowest BCUT2D eigenvalue weighted by molar-refractivity contribution is 0.0735. The van der Waals surface area contributed by atoms with Crippen molar-refractivity contribution in [3.05, 3.63) is 11.4 Å². The van der Waals surface area contributed by atoms with Gasteiger partial charge in [0.05, 0.1) is 17.8 Å². The zero-order valence-corrected chi connectivity index (χ0v) is 15.7. The van der Waals surface area contributed by atoms with E-state index in [0.717, 1.165) is 44.5 Å². The van der Waals surface area contributed by atoms with E-state index in [1.165, 1.54) is 19.3 Å². The van der Waals surface area contributed by atoms with E-state index in [9.17, 15) is 9.90 Å². The number of nitrogens with zero attached hydrogens (tertiary/aromatic N) is 3. The van der Waals surface area contributed by atoms with E-state index in [0.29, 0.717) is 24.2 Å². The van der Waals surface area contributed by atoms with Gasteiger partial charge in [0.25, 0.3) is 5.91 Å². The van der Waals surface area contributed by atoms with Crippen LogP contribution in [0.2, 0.25) is 0 Å². The van der Waals surface area contributed by atoms with Gasteiger partial charge in [0.1, 0.15) is 0 Å². The summed E-state index contributed by atoms with van der Waals surface area (Å²) in [6, 6.07) is 0.313. The van der Waals surface area contributed by atoms with Crippen LogP contribution in [-0.2, 0) is 0 Å². The summed E-state index contributed by atoms with van der Waals surface area (Å²) < 4.78 is 1.88. The van der Waals surface area contributed by atoms with Crippen LogP contribution in [0.5, 0.6) is 0 Å². The molecule has 1 unspecified atom stereocenters. The summed E-state index contributed by atoms with van der Waals surface area (Å²) in [6.45, 7) is 4.13. The molecule has 0 aromatic carbocycles. The van der Waals surface area contributed by atoms with Crippen LogP contribution in [0.4, 0.5) is 0 Å². The Hall–Kier alpha value is -1.18. The number of hydrogen-bond acceptors (Lipinski definition) is 5. The van der Waals surface area contributed by atoms with E-state index in [1.54, 1.807) is 0 Å². The Morgan fingerprint density at radius 2 is 1.96 bits per heavy atom. The van der Waals surface area contributed by atoms with Crippen LogP contribution in [0.1, 0.15) is 67.2 Å². The minimum absolute atomic E-state index is 0. The second kappa shape index (κ2) is 9.50. The van der Waals surface area contributed by atoms with Gasteiger partial charge in [-0.25, -0.2) is 4.68 Å². The topological polar surface area (TPSA) is 92.1 Å². The molecule has 1 saturated heterocycles. The van der Waals surface area contributed by atoms with Crippen molar-refractivity contribution in [2.45, 2.75) is 64.0 Å². The van der Waals surface area contributed by atoms with E-state index in [1.807, 2.05) is 11.6 Å². The van der Waals surface area contributed by atoms with Crippen molar-refractivity contribution in [3.8, 4) is 0 Å². The van der Waals surface area contributed by atoms with Gasteiger partial charge in [0.15, 0.2) is 5.69 Å². The van der Waals surface area contributed by atoms with Gasteiger partial charge in [0.2, 0.25) is 0 Å². The van der Waals surface area contributed by atoms with Crippen molar-refractivity contribution in [1.29, 1.82) is 0 Å². The maximum atomic E-state index is 12.4. The van der Waals surface area contributed by atoms with Gasteiger partial charge in [-0.2, -0.15) is 0 Å². The number of aliphatic hydroxyl groups is 1. The Morgan fingerprint density at radius 3 is 2.64 bits per heavy atom. The number of nitrogens with one attached hydrogen (secondary N) is 2. The van der Waals surface area contributed by atoms with Crippen LogP contribution >= 0.6 is 12.4 Å². The number of aromatic nitrogens is 3. The highest BCUT2D eigenvalue weighted by Gasteiger charge is 2.25. The minimum atomic E-state index is -0.464. The number of halogens is 1. The summed E-state index contributed by atoms with van der Waals surface area (Å²) >= 11 is 0. The molecule has 8 heteroatoms. The molecule has 1 saturated carbocycles. The van der Waals surface area contributed by atoms with Crippen molar-refractivity contribution >= 4 is 18.3 Å². The molecular weight excluding hydrogens is 342 g/mol. The second-order valence-corrected chi connectivity index (χ2v) is 7.12. The molecule has 25 heavy (non-hydrogen) atoms. The summed E-state index contributed by atoms with van der Waals surface area (Å²) in [6.07, 6.45) is 7.28. The predicted octanol–water partition coefficient (Wildman–Crippen LogP) is 1.60. The van der Waals surface area contributed by atoms with Crippen molar-refractivity contribution in [1.82, 2.24) is 25.6 Å². The molecule has 0 spiro atoms. The highest BCUT2D eigenvalue weighted by molar-refractivity contribution is 5.93. The van der Waals surface area contributed by atoms with Gasteiger partial charge in [-0.1, -0.05) is 24.5 Å². The maximum Gasteiger partial charge on any atom is 0.273 e. The highest BCUT2D eigenvalue weighted by atomic mass is 35.5. The molecule has 1 amide bonds. The first kappa shape index (κ1) is 20.1. The van der Waals surface area contributed by atoms with Crippen LogP contribution in [-0.4, -0.2) is 51.7 Å². The van der Waals surface area contributed by atoms with Crippen LogP contribution in [0.3, 0.4) is 0 Å². The zero-order chi connectivity index (χ0) is 16.9. The van der Waals surface area contributed by atoms with Gasteiger partial charge in [0, 0.05) is 6.54 Å². The van der Waals surface area contributed by atoms with Gasteiger partial charge >= 0.3 is 0 Å². The third-order valence-electron chi connectivity index (χ3n) is 5.46. The lowest BCUT2D eigenvalue weighted by atomic mass is 9.85. The lowest BCUT2D eigenvalue weighted by Gasteiger charge is -2.26. The molecule has 0 bridgehead atoms. The molecule has 2 heterocycles. The maximum absolute atomic E-state index is 12.4. The molecule has 1 aliphatic heterocycles. The fourth-order valence-corrected chi connectivity index (χ4v) is 3.92. The standard InChI is InChI=1S/C17H29N5O2.ClH/c1-12-16(20-21-22(12)14-7-9-18-10-8-14)17(24)19-11-15(23)13-5-3-2-4-6-13;/h13-15,18,23H,2-11H2,1H3,(H,19,24);1H. The summed E-state index contributed by atoms with van der Waals surface area (Å²) in [5.41, 5.74) is 1.19. The predicted molar refractivity (Wildman–Crippen MR) is 98.1 cm³/mol. The molecule has 1 aromatic rings. The highest BCUT2D eigenvalue weighted by Crippen LogP contribution is 2.26. The Bertz CT molecular complexity index is 553. The zero-order valence-electron chi connectivity index (χ0n) is 14.9. The SMILES string of the molecule is Cc1c(C(=O)NCC(O)C2CCCCC2)nnn1C1CCNCC1.Cl. The average molecular weight is 372 g/mol. The van der Waals surface area contributed by atoms with E-state index in [-0.39, 0.29) is 18.3 Å². The first-order chi connectivity index (χ1) is 11.7. The average Bonchev–Trinajstić information content (AvgIpc) is 3.02. The lowest BCUT2D eigenvalue weighted by Crippen LogP contribution is -2.37. The van der Waals surface area contributed by atoms with Crippen LogP contribution in [0.15, 0.2) is 0 Å². The largest absolute Gasteiger partial charge is 0.391 e. The normalized spacial score (nSPS) is 20.7. The van der Waals surface area contributed by atoms with Crippen molar-refractivity contribution in [3.63, 3.8) is 0 Å². The summed E-state index contributed by atoms with van der Waals surface area (Å²) in [5, 5.41) is 24.7. The fraction of sp³-hybridized carbons (Fsp3) is 0.824. The number of carbonyl (C=O) groups excluding carboxylic acids is 1. The number of piperidine rings is 1. The van der Waals surface area contributed by atoms with Crippen molar-refractivity contribution in [2.75, 3.05) is 19.6 Å². The number of aliphatic hydroxyl groups excluding tert-OH is 1. The number of amides is 1. The fourth-order valence-electron chi connectivity index (χ4n) is 3.92. The Morgan fingerprint density at radius 1 is 1.28 bits per heavy atom. The first-order valence-electron chi connectivity index (χ1n) is 9.25. The molecule has 142 valence electrons. The summed E-state index contributed by atoms with van der Waals surface area (Å²) in [7, 11) is 0. The smallest absolute Gasteiger partial charge is 0.273 e. The van der Waals surface area contributed by atoms with Crippen molar-refractivity contribution < 1.29 is 9.90 Å². The quantitative estimate of drug-likeness (QED) is 0.731. The third-order valence-corrected chi connectivity index (χ3v) is 5.46. The van der Waals surface area contributed by atoms with Crippen LogP contribution in [0, 0.1) is 12.8 Å². The van der Waals surface area contributed by atoms with E-state index < -0.39 is 6.10 Å². The molecule has 1 atom stereocenters. The van der Waals surface area contributed by atoms with Crippen molar-refractivity contribution in [2.24, 2.45) is 5.92 Å². The van der Waals surface area contributed by atoms with E-state index in [2.05, 4.69) is 20.9 Å². The number of hydrogen-bond donors (Lipinski definition) is 3. The molecule has 7 nitrogen and oxygen atoms in total. The van der Waals surface area contributed by atoms with Gasteiger partial charge < -0.3 is 15.7 Å². The second-order valence-electron chi connectivity index (χ2n) is 7.12. The molecule has 0 radical (unpaired) electrons. The van der Waals surface area contributed by atoms with Gasteiger partial charge in [-0.15, -0.1) is 17.5 Å². The summed E-state index contributed by atoms with van der Waals surface area (Å²) in [4.78, 5) is 12.4. The van der Waals surface area contributed by atoms with E-state index >= 15 is 0 Å². The molecule has 1 aliphatic carbocycles. The molecule has 3 N–H and O–H groups in total. The van der Waals surface area contributed by atoms with E-state index in [4.69, 9.17) is 0 Å². The Labute approximate surface area is 155 Å². The monoisotopic (exact) mass is 371 g/mol. The minimum Gasteiger partial charge on any atom is -0.391 e. The Balaban J connectivity index is 0.00000225. The molecular formula is C17H30ClN5O2. The Kier molecular flexibility index (Phi) is 7.65. The molecule has 2 fully saturated rings. The molecule has 2 aliphatic rings. The molecule has 3 rings (SSSR count). The third kappa shape index (κ3) is 4.92. The molecule has 1 aromatic heterocycles.